The van der Waals surface area contributed by atoms with Gasteiger partial charge in [-0.2, -0.15) is 13.2 Å². The first-order valence-corrected chi connectivity index (χ1v) is 8.67. The number of hydrogen-bond acceptors (Lipinski definition) is 3. The van der Waals surface area contributed by atoms with Gasteiger partial charge in [-0.3, -0.25) is 9.10 Å². The van der Waals surface area contributed by atoms with Gasteiger partial charge in [-0.25, -0.2) is 8.42 Å². The lowest BCUT2D eigenvalue weighted by atomic mass is 10.2. The van der Waals surface area contributed by atoms with Gasteiger partial charge in [0.05, 0.1) is 17.5 Å². The van der Waals surface area contributed by atoms with Crippen LogP contribution in [0.15, 0.2) is 24.3 Å². The number of carbonyl (C=O) groups excluding carboxylic acids is 1. The van der Waals surface area contributed by atoms with E-state index in [1.807, 2.05) is 13.8 Å². The van der Waals surface area contributed by atoms with Crippen LogP contribution in [-0.2, 0) is 21.0 Å². The molecule has 0 aliphatic carbocycles. The quantitative estimate of drug-likeness (QED) is 0.854. The Hall–Kier alpha value is -1.77. The molecule has 0 atom stereocenters. The molecule has 130 valence electrons. The Morgan fingerprint density at radius 3 is 2.39 bits per heavy atom. The van der Waals surface area contributed by atoms with Gasteiger partial charge in [-0.05, 0) is 24.1 Å². The Bertz CT molecular complexity index is 657. The molecule has 0 saturated heterocycles. The van der Waals surface area contributed by atoms with Crippen LogP contribution in [0.25, 0.3) is 0 Å². The summed E-state index contributed by atoms with van der Waals surface area (Å²) in [7, 11) is -3.91. The Labute approximate surface area is 133 Å². The lowest BCUT2D eigenvalue weighted by molar-refractivity contribution is -0.137. The predicted octanol–water partition coefficient (Wildman–Crippen LogP) is 2.24. The largest absolute Gasteiger partial charge is 0.416 e. The van der Waals surface area contributed by atoms with Crippen LogP contribution < -0.4 is 9.62 Å². The minimum absolute atomic E-state index is 0.166. The van der Waals surface area contributed by atoms with Crippen LogP contribution in [0.4, 0.5) is 18.9 Å². The van der Waals surface area contributed by atoms with Crippen molar-refractivity contribution >= 4 is 21.6 Å². The van der Waals surface area contributed by atoms with Crippen LogP contribution >= 0.6 is 0 Å². The first kappa shape index (κ1) is 19.3. The zero-order valence-corrected chi connectivity index (χ0v) is 13.8. The summed E-state index contributed by atoms with van der Waals surface area (Å²) in [5.74, 6) is -0.416. The molecule has 0 radical (unpaired) electrons. The SMILES string of the molecule is CC(C)CNC(=O)CN(c1cccc(C(F)(F)F)c1)S(C)(=O)=O. The minimum Gasteiger partial charge on any atom is -0.354 e. The van der Waals surface area contributed by atoms with Crippen molar-refractivity contribution in [2.24, 2.45) is 5.92 Å². The second kappa shape index (κ2) is 7.20. The van der Waals surface area contributed by atoms with E-state index >= 15 is 0 Å². The number of nitrogens with one attached hydrogen (secondary N) is 1. The first-order chi connectivity index (χ1) is 10.4. The Kier molecular flexibility index (Phi) is 6.04. The molecule has 0 unspecified atom stereocenters. The van der Waals surface area contributed by atoms with Crippen molar-refractivity contribution in [2.75, 3.05) is 23.7 Å². The van der Waals surface area contributed by atoms with Crippen molar-refractivity contribution < 1.29 is 26.4 Å². The Morgan fingerprint density at radius 1 is 1.30 bits per heavy atom. The molecule has 0 aliphatic heterocycles. The molecule has 5 nitrogen and oxygen atoms in total. The van der Waals surface area contributed by atoms with Gasteiger partial charge in [-0.15, -0.1) is 0 Å². The Balaban J connectivity index is 3.07. The maximum absolute atomic E-state index is 12.8. The van der Waals surface area contributed by atoms with Gasteiger partial charge in [0.2, 0.25) is 15.9 Å². The molecule has 0 bridgehead atoms. The molecule has 0 saturated carbocycles. The molecule has 0 aromatic heterocycles. The summed E-state index contributed by atoms with van der Waals surface area (Å²) in [4.78, 5) is 11.8. The monoisotopic (exact) mass is 352 g/mol. The molecule has 0 aliphatic rings. The second-order valence-electron chi connectivity index (χ2n) is 5.52. The number of rotatable bonds is 6. The van der Waals surface area contributed by atoms with Crippen molar-refractivity contribution in [1.29, 1.82) is 0 Å². The number of alkyl halides is 3. The number of nitrogens with zero attached hydrogens (tertiary/aromatic N) is 1. The van der Waals surface area contributed by atoms with Crippen LogP contribution in [-0.4, -0.2) is 33.7 Å². The van der Waals surface area contributed by atoms with E-state index in [0.29, 0.717) is 16.9 Å². The van der Waals surface area contributed by atoms with E-state index in [4.69, 9.17) is 0 Å². The number of amides is 1. The van der Waals surface area contributed by atoms with Gasteiger partial charge in [0.1, 0.15) is 6.54 Å². The number of benzene rings is 1. The Morgan fingerprint density at radius 2 is 1.91 bits per heavy atom. The van der Waals surface area contributed by atoms with E-state index in [2.05, 4.69) is 5.32 Å². The van der Waals surface area contributed by atoms with E-state index in [9.17, 15) is 26.4 Å². The summed E-state index contributed by atoms with van der Waals surface area (Å²) in [5, 5.41) is 2.53. The van der Waals surface area contributed by atoms with E-state index < -0.39 is 34.2 Å². The minimum atomic E-state index is -4.60. The van der Waals surface area contributed by atoms with Crippen molar-refractivity contribution in [1.82, 2.24) is 5.32 Å². The average molecular weight is 352 g/mol. The smallest absolute Gasteiger partial charge is 0.354 e. The molecular weight excluding hydrogens is 333 g/mol. The standard InChI is InChI=1S/C14H19F3N2O3S/c1-10(2)8-18-13(20)9-19(23(3,21)22)12-6-4-5-11(7-12)14(15,16)17/h4-7,10H,8-9H2,1-3H3,(H,18,20). The van der Waals surface area contributed by atoms with E-state index in [-0.39, 0.29) is 11.6 Å². The topological polar surface area (TPSA) is 66.5 Å². The molecule has 0 fully saturated rings. The predicted molar refractivity (Wildman–Crippen MR) is 81.5 cm³/mol. The number of sulfonamides is 1. The summed E-state index contributed by atoms with van der Waals surface area (Å²) >= 11 is 0. The van der Waals surface area contributed by atoms with Gasteiger partial charge in [0.15, 0.2) is 0 Å². The van der Waals surface area contributed by atoms with Crippen LogP contribution in [0, 0.1) is 5.92 Å². The summed E-state index contributed by atoms with van der Waals surface area (Å²) < 4.78 is 62.6. The van der Waals surface area contributed by atoms with Crippen LogP contribution in [0.5, 0.6) is 0 Å². The number of halogens is 3. The zero-order valence-electron chi connectivity index (χ0n) is 13.0. The molecule has 1 aromatic carbocycles. The van der Waals surface area contributed by atoms with Crippen LogP contribution in [0.2, 0.25) is 0 Å². The maximum atomic E-state index is 12.8. The summed E-state index contributed by atoms with van der Waals surface area (Å²) in [6.45, 7) is 3.49. The zero-order chi connectivity index (χ0) is 17.8. The van der Waals surface area contributed by atoms with Gasteiger partial charge >= 0.3 is 6.18 Å². The lowest BCUT2D eigenvalue weighted by Crippen LogP contribution is -2.41. The maximum Gasteiger partial charge on any atom is 0.416 e. The second-order valence-corrected chi connectivity index (χ2v) is 7.42. The molecule has 1 rings (SSSR count). The third-order valence-corrected chi connectivity index (χ3v) is 4.00. The van der Waals surface area contributed by atoms with Gasteiger partial charge in [0, 0.05) is 6.54 Å². The third-order valence-electron chi connectivity index (χ3n) is 2.86. The van der Waals surface area contributed by atoms with Crippen molar-refractivity contribution in [3.05, 3.63) is 29.8 Å². The fourth-order valence-corrected chi connectivity index (χ4v) is 2.59. The number of carbonyl (C=O) groups is 1. The van der Waals surface area contributed by atoms with E-state index in [0.717, 1.165) is 18.4 Å². The third kappa shape index (κ3) is 6.09. The molecule has 1 aromatic rings. The molecule has 1 amide bonds. The van der Waals surface area contributed by atoms with Crippen LogP contribution in [0.3, 0.4) is 0 Å². The highest BCUT2D eigenvalue weighted by atomic mass is 32.2. The van der Waals surface area contributed by atoms with Crippen LogP contribution in [0.1, 0.15) is 19.4 Å². The van der Waals surface area contributed by atoms with Crippen molar-refractivity contribution in [3.8, 4) is 0 Å². The van der Waals surface area contributed by atoms with Gasteiger partial charge < -0.3 is 5.32 Å². The highest BCUT2D eigenvalue weighted by Crippen LogP contribution is 2.32. The number of hydrogen-bond donors (Lipinski definition) is 1. The van der Waals surface area contributed by atoms with Gasteiger partial charge in [-0.1, -0.05) is 19.9 Å². The first-order valence-electron chi connectivity index (χ1n) is 6.83. The molecule has 9 heteroatoms. The molecule has 23 heavy (non-hydrogen) atoms. The summed E-state index contributed by atoms with van der Waals surface area (Å²) in [6, 6.07) is 3.86. The normalized spacial score (nSPS) is 12.3. The molecular formula is C14H19F3N2O3S. The van der Waals surface area contributed by atoms with E-state index in [1.165, 1.54) is 6.07 Å². The molecule has 1 N–H and O–H groups in total. The summed E-state index contributed by atoms with van der Waals surface area (Å²) in [5.41, 5.74) is -1.19. The fraction of sp³-hybridized carbons (Fsp3) is 0.500. The highest BCUT2D eigenvalue weighted by molar-refractivity contribution is 7.92. The molecule has 0 spiro atoms. The summed E-state index contributed by atoms with van der Waals surface area (Å²) in [6.07, 6.45) is -3.76. The van der Waals surface area contributed by atoms with Crippen molar-refractivity contribution in [3.63, 3.8) is 0 Å². The van der Waals surface area contributed by atoms with E-state index in [1.54, 1.807) is 0 Å². The van der Waals surface area contributed by atoms with Gasteiger partial charge in [0.25, 0.3) is 0 Å². The molecule has 0 heterocycles. The number of anilines is 1. The average Bonchev–Trinajstić information content (AvgIpc) is 2.40. The highest BCUT2D eigenvalue weighted by Gasteiger charge is 2.31. The van der Waals surface area contributed by atoms with Crippen molar-refractivity contribution in [2.45, 2.75) is 20.0 Å². The fourth-order valence-electron chi connectivity index (χ4n) is 1.74. The lowest BCUT2D eigenvalue weighted by Gasteiger charge is -2.23.